The molecule has 1 atom stereocenters. The molecule has 0 saturated carbocycles. The highest BCUT2D eigenvalue weighted by Crippen LogP contribution is 2.55. The molecule has 7 heteroatoms. The summed E-state index contributed by atoms with van der Waals surface area (Å²) in [6.45, 7) is 2.63. The number of para-hydroxylation sites is 1. The maximum absolute atomic E-state index is 6.65. The van der Waals surface area contributed by atoms with E-state index in [9.17, 15) is 0 Å². The summed E-state index contributed by atoms with van der Waals surface area (Å²) in [5.74, 6) is 3.13. The molecule has 8 rings (SSSR count). The normalized spacial score (nSPS) is 17.1. The lowest BCUT2D eigenvalue weighted by Crippen LogP contribution is -2.31. The third-order valence-corrected chi connectivity index (χ3v) is 7.73. The zero-order valence-corrected chi connectivity index (χ0v) is 20.9. The largest absolute Gasteiger partial charge is 0.491 e. The number of nitrogens with zero attached hydrogens (tertiary/aromatic N) is 3. The molecule has 6 bridgehead atoms. The molecule has 38 heavy (non-hydrogen) atoms. The Balaban J connectivity index is 1.56. The smallest absolute Gasteiger partial charge is 0.249 e. The minimum Gasteiger partial charge on any atom is -0.491 e. The second-order valence-electron chi connectivity index (χ2n) is 9.81. The fraction of sp³-hybridized carbons (Fsp3) is 0.161. The van der Waals surface area contributed by atoms with E-state index < -0.39 is 5.41 Å². The monoisotopic (exact) mass is 501 g/mol. The van der Waals surface area contributed by atoms with Gasteiger partial charge in [-0.3, -0.25) is 0 Å². The van der Waals surface area contributed by atoms with Crippen LogP contribution in [0.4, 0.5) is 0 Å². The quantitative estimate of drug-likeness (QED) is 0.273. The number of fused-ring (bicyclic) bond motifs is 7. The van der Waals surface area contributed by atoms with Gasteiger partial charge in [-0.1, -0.05) is 60.7 Å². The third-order valence-electron chi connectivity index (χ3n) is 7.73. The van der Waals surface area contributed by atoms with Gasteiger partial charge in [-0.15, -0.1) is 0 Å². The maximum atomic E-state index is 6.65. The van der Waals surface area contributed by atoms with Crippen molar-refractivity contribution in [2.45, 2.75) is 19.1 Å². The first-order valence-electron chi connectivity index (χ1n) is 12.6. The zero-order chi connectivity index (χ0) is 25.4. The van der Waals surface area contributed by atoms with Gasteiger partial charge in [0.25, 0.3) is 0 Å². The van der Waals surface area contributed by atoms with Crippen LogP contribution in [0, 0.1) is 6.92 Å². The fourth-order valence-corrected chi connectivity index (χ4v) is 6.16. The Morgan fingerprint density at radius 1 is 0.947 bits per heavy atom. The molecule has 1 unspecified atom stereocenters. The molecule has 6 aromatic rings. The Labute approximate surface area is 218 Å². The SMILES string of the molecule is COCn1cc2c3c(cccc31)-c1cccc3c1OCC3(c1ccccc1)c1oc(C)nc1-c1ncc-2o1. The minimum absolute atomic E-state index is 0.367. The van der Waals surface area contributed by atoms with Crippen LogP contribution in [0.2, 0.25) is 0 Å². The fourth-order valence-electron chi connectivity index (χ4n) is 6.16. The Morgan fingerprint density at radius 2 is 1.79 bits per heavy atom. The van der Waals surface area contributed by atoms with E-state index in [0.29, 0.717) is 42.3 Å². The molecule has 0 amide bonds. The summed E-state index contributed by atoms with van der Waals surface area (Å²) in [6.07, 6.45) is 3.83. The first-order valence-corrected chi connectivity index (χ1v) is 12.6. The van der Waals surface area contributed by atoms with E-state index in [1.807, 2.05) is 25.1 Å². The van der Waals surface area contributed by atoms with Crippen molar-refractivity contribution in [1.82, 2.24) is 14.5 Å². The summed E-state index contributed by atoms with van der Waals surface area (Å²) in [6, 6.07) is 23.0. The van der Waals surface area contributed by atoms with Gasteiger partial charge >= 0.3 is 0 Å². The van der Waals surface area contributed by atoms with Gasteiger partial charge in [0.1, 0.15) is 24.5 Å². The van der Waals surface area contributed by atoms with Gasteiger partial charge in [0.2, 0.25) is 5.89 Å². The number of methoxy groups -OCH3 is 1. The van der Waals surface area contributed by atoms with Crippen LogP contribution in [0.1, 0.15) is 22.8 Å². The lowest BCUT2D eigenvalue weighted by Gasteiger charge is -2.27. The Kier molecular flexibility index (Phi) is 4.35. The first-order chi connectivity index (χ1) is 18.7. The van der Waals surface area contributed by atoms with Crippen molar-refractivity contribution in [2.75, 3.05) is 13.7 Å². The molecule has 3 aromatic heterocycles. The Hall–Kier alpha value is -4.62. The zero-order valence-electron chi connectivity index (χ0n) is 20.9. The van der Waals surface area contributed by atoms with Gasteiger partial charge in [0, 0.05) is 42.3 Å². The van der Waals surface area contributed by atoms with E-state index in [-0.39, 0.29) is 0 Å². The third kappa shape index (κ3) is 2.71. The van der Waals surface area contributed by atoms with E-state index in [1.54, 1.807) is 13.3 Å². The van der Waals surface area contributed by atoms with Crippen molar-refractivity contribution < 1.29 is 18.3 Å². The van der Waals surface area contributed by atoms with Gasteiger partial charge < -0.3 is 22.9 Å². The van der Waals surface area contributed by atoms with Crippen molar-refractivity contribution in [3.63, 3.8) is 0 Å². The summed E-state index contributed by atoms with van der Waals surface area (Å²) in [7, 11) is 1.69. The lowest BCUT2D eigenvalue weighted by atomic mass is 9.73. The molecule has 0 spiro atoms. The van der Waals surface area contributed by atoms with Crippen LogP contribution in [-0.4, -0.2) is 28.3 Å². The van der Waals surface area contributed by atoms with Crippen LogP contribution in [0.5, 0.6) is 5.75 Å². The highest BCUT2D eigenvalue weighted by molar-refractivity contribution is 6.06. The number of oxazole rings is 2. The first kappa shape index (κ1) is 21.5. The number of benzene rings is 3. The van der Waals surface area contributed by atoms with E-state index in [4.69, 9.17) is 28.3 Å². The molecule has 7 nitrogen and oxygen atoms in total. The standard InChI is InChI=1S/C31H23N3O4/c1-18-33-27-29(37-18)31(19-8-4-3-5-9-19)16-36-28-21(11-6-12-23(28)31)20-10-7-13-24-26(20)22(15-34(24)17-35-2)25-14-32-30(27)38-25/h3-15H,16-17H2,1-2H3. The van der Waals surface area contributed by atoms with Crippen LogP contribution in [0.25, 0.3) is 44.9 Å². The molecule has 2 aliphatic heterocycles. The average molecular weight is 502 g/mol. The summed E-state index contributed by atoms with van der Waals surface area (Å²) in [5, 5.41) is 1.05. The Bertz CT molecular complexity index is 1860. The summed E-state index contributed by atoms with van der Waals surface area (Å²) >= 11 is 0. The molecule has 5 heterocycles. The van der Waals surface area contributed by atoms with E-state index in [0.717, 1.165) is 44.5 Å². The van der Waals surface area contributed by atoms with E-state index in [2.05, 4.69) is 59.3 Å². The van der Waals surface area contributed by atoms with Crippen LogP contribution in [0.15, 0.2) is 88.0 Å². The van der Waals surface area contributed by atoms with Gasteiger partial charge in [-0.25, -0.2) is 9.97 Å². The lowest BCUT2D eigenvalue weighted by molar-refractivity contribution is 0.135. The molecule has 0 aliphatic carbocycles. The van der Waals surface area contributed by atoms with Crippen LogP contribution >= 0.6 is 0 Å². The van der Waals surface area contributed by atoms with Crippen LogP contribution < -0.4 is 4.74 Å². The molecule has 2 aliphatic rings. The number of ether oxygens (including phenoxy) is 2. The van der Waals surface area contributed by atoms with Gasteiger partial charge in [-0.2, -0.15) is 0 Å². The van der Waals surface area contributed by atoms with Crippen LogP contribution in [-0.2, 0) is 16.9 Å². The number of hydrogen-bond acceptors (Lipinski definition) is 6. The van der Waals surface area contributed by atoms with Gasteiger partial charge in [0.15, 0.2) is 23.1 Å². The minimum atomic E-state index is -0.726. The second kappa shape index (κ2) is 7.69. The molecule has 0 N–H and O–H groups in total. The van der Waals surface area contributed by atoms with Crippen molar-refractivity contribution in [3.8, 4) is 39.8 Å². The van der Waals surface area contributed by atoms with Crippen molar-refractivity contribution >= 4 is 10.9 Å². The van der Waals surface area contributed by atoms with E-state index >= 15 is 0 Å². The van der Waals surface area contributed by atoms with Crippen molar-refractivity contribution in [2.24, 2.45) is 0 Å². The number of hydrogen-bond donors (Lipinski definition) is 0. The predicted molar refractivity (Wildman–Crippen MR) is 142 cm³/mol. The summed E-state index contributed by atoms with van der Waals surface area (Å²) in [4.78, 5) is 9.49. The van der Waals surface area contributed by atoms with E-state index in [1.165, 1.54) is 0 Å². The maximum Gasteiger partial charge on any atom is 0.249 e. The molecule has 186 valence electrons. The van der Waals surface area contributed by atoms with Gasteiger partial charge in [-0.05, 0) is 17.2 Å². The molecular formula is C31H23N3O4. The predicted octanol–water partition coefficient (Wildman–Crippen LogP) is 6.57. The summed E-state index contributed by atoms with van der Waals surface area (Å²) in [5.41, 5.74) is 5.98. The summed E-state index contributed by atoms with van der Waals surface area (Å²) < 4.78 is 27.1. The number of aryl methyl sites for hydroxylation is 1. The number of rotatable bonds is 3. The van der Waals surface area contributed by atoms with Crippen LogP contribution in [0.3, 0.4) is 0 Å². The highest BCUT2D eigenvalue weighted by atomic mass is 16.5. The Morgan fingerprint density at radius 3 is 2.66 bits per heavy atom. The second-order valence-corrected chi connectivity index (χ2v) is 9.81. The topological polar surface area (TPSA) is 75.5 Å². The van der Waals surface area contributed by atoms with Gasteiger partial charge in [0.05, 0.1) is 11.7 Å². The molecular weight excluding hydrogens is 478 g/mol. The highest BCUT2D eigenvalue weighted by Gasteiger charge is 2.50. The molecule has 0 fully saturated rings. The molecule has 3 aromatic carbocycles. The van der Waals surface area contributed by atoms with Crippen molar-refractivity contribution in [3.05, 3.63) is 102 Å². The average Bonchev–Trinajstić information content (AvgIpc) is 3.73. The molecule has 0 radical (unpaired) electrons. The number of aromatic nitrogens is 3. The molecule has 0 saturated heterocycles. The van der Waals surface area contributed by atoms with Crippen molar-refractivity contribution in [1.29, 1.82) is 0 Å².